The van der Waals surface area contributed by atoms with Gasteiger partial charge in [-0.3, -0.25) is 14.9 Å². The van der Waals surface area contributed by atoms with E-state index in [2.05, 4.69) is 36.8 Å². The number of fused-ring (bicyclic) bond motifs is 1. The molecule has 2 N–H and O–H groups in total. The zero-order chi connectivity index (χ0) is 21.3. The number of nitro benzene ring substituents is 1. The summed E-state index contributed by atoms with van der Waals surface area (Å²) in [5, 5.41) is 24.9. The highest BCUT2D eigenvalue weighted by Crippen LogP contribution is 2.40. The fraction of sp³-hybridized carbons (Fsp3) is 0.0500. The Morgan fingerprint density at radius 3 is 2.73 bits per heavy atom. The van der Waals surface area contributed by atoms with Gasteiger partial charge in [-0.1, -0.05) is 15.9 Å². The van der Waals surface area contributed by atoms with Gasteiger partial charge in [-0.15, -0.1) is 0 Å². The number of carbonyl (C=O) groups excluding carboxylic acids is 1. The van der Waals surface area contributed by atoms with E-state index < -0.39 is 4.92 Å². The zero-order valence-electron chi connectivity index (χ0n) is 15.5. The minimum atomic E-state index is -0.523. The molecule has 1 aliphatic rings. The van der Waals surface area contributed by atoms with E-state index >= 15 is 0 Å². The first kappa shape index (κ1) is 19.5. The van der Waals surface area contributed by atoms with E-state index in [9.17, 15) is 14.9 Å². The lowest BCUT2D eigenvalue weighted by Crippen LogP contribution is -2.10. The van der Waals surface area contributed by atoms with Crippen molar-refractivity contribution in [2.45, 2.75) is 0 Å². The van der Waals surface area contributed by atoms with Crippen LogP contribution >= 0.6 is 15.9 Å². The summed E-state index contributed by atoms with van der Waals surface area (Å²) in [6.07, 6.45) is 3.03. The molecule has 0 fully saturated rings. The van der Waals surface area contributed by atoms with Gasteiger partial charge in [-0.25, -0.2) is 0 Å². The summed E-state index contributed by atoms with van der Waals surface area (Å²) in [6, 6.07) is 11.6. The quantitative estimate of drug-likeness (QED) is 0.329. The number of nitro groups is 1. The third kappa shape index (κ3) is 3.60. The van der Waals surface area contributed by atoms with Gasteiger partial charge in [0, 0.05) is 27.4 Å². The van der Waals surface area contributed by atoms with Crippen molar-refractivity contribution in [3.8, 4) is 5.75 Å². The van der Waals surface area contributed by atoms with E-state index in [-0.39, 0.29) is 17.3 Å². The molecule has 1 aromatic heterocycles. The predicted octanol–water partition coefficient (Wildman–Crippen LogP) is 4.09. The van der Waals surface area contributed by atoms with Gasteiger partial charge in [0.25, 0.3) is 5.91 Å². The summed E-state index contributed by atoms with van der Waals surface area (Å²) in [4.78, 5) is 23.6. The molecule has 0 radical (unpaired) electrons. The van der Waals surface area contributed by atoms with Crippen LogP contribution in [-0.4, -0.2) is 28.1 Å². The maximum Gasteiger partial charge on any atom is 0.310 e. The number of nitrogens with zero attached hydrogens (tertiary/aromatic N) is 3. The second kappa shape index (κ2) is 7.91. The van der Waals surface area contributed by atoms with E-state index in [1.807, 2.05) is 12.1 Å². The first-order chi connectivity index (χ1) is 14.5. The molecule has 1 aliphatic heterocycles. The number of hydrogen-bond acceptors (Lipinski definition) is 7. The van der Waals surface area contributed by atoms with Gasteiger partial charge in [-0.2, -0.15) is 10.2 Å². The number of carbonyl (C=O) groups is 1. The molecule has 3 aromatic rings. The number of benzene rings is 2. The van der Waals surface area contributed by atoms with Crippen LogP contribution in [0.25, 0.3) is 11.3 Å². The number of aromatic nitrogens is 2. The molecule has 0 bridgehead atoms. The fourth-order valence-corrected chi connectivity index (χ4v) is 3.52. The number of anilines is 2. The average Bonchev–Trinajstić information content (AvgIpc) is 3.07. The smallest absolute Gasteiger partial charge is 0.310 e. The lowest BCUT2D eigenvalue weighted by atomic mass is 9.99. The molecule has 0 unspecified atom stereocenters. The Morgan fingerprint density at radius 2 is 2.03 bits per heavy atom. The third-order valence-corrected chi connectivity index (χ3v) is 4.99. The molecular weight excluding hydrogens is 454 g/mol. The van der Waals surface area contributed by atoms with E-state index in [0.717, 1.165) is 4.47 Å². The van der Waals surface area contributed by atoms with Crippen molar-refractivity contribution in [1.29, 1.82) is 0 Å². The fourth-order valence-electron chi connectivity index (χ4n) is 3.16. The molecule has 150 valence electrons. The number of ether oxygens (including phenoxy) is 1. The highest BCUT2D eigenvalue weighted by molar-refractivity contribution is 9.10. The summed E-state index contributed by atoms with van der Waals surface area (Å²) < 4.78 is 6.01. The molecule has 30 heavy (non-hydrogen) atoms. The van der Waals surface area contributed by atoms with Crippen molar-refractivity contribution >= 4 is 50.2 Å². The summed E-state index contributed by atoms with van der Waals surface area (Å²) in [5.74, 6) is -0.219. The zero-order valence-corrected chi connectivity index (χ0v) is 17.1. The largest absolute Gasteiger partial charge is 0.490 e. The standard InChI is InChI=1S/C20H14BrN5O4/c1-30-17-8-11(2-5-16(17)26(28)29)19(24-13-6-7-22-23-10-13)18-14-9-12(21)3-4-15(14)25-20(18)27/h2-10H,1H3,(H,22,24)(H,25,27)/b19-18-. The van der Waals surface area contributed by atoms with Crippen LogP contribution in [0.2, 0.25) is 0 Å². The Morgan fingerprint density at radius 1 is 1.20 bits per heavy atom. The van der Waals surface area contributed by atoms with Gasteiger partial charge in [0.1, 0.15) is 0 Å². The molecule has 1 amide bonds. The lowest BCUT2D eigenvalue weighted by molar-refractivity contribution is -0.385. The number of hydrogen-bond donors (Lipinski definition) is 2. The Kier molecular flexibility index (Phi) is 5.15. The van der Waals surface area contributed by atoms with Crippen LogP contribution < -0.4 is 15.4 Å². The van der Waals surface area contributed by atoms with Gasteiger partial charge < -0.3 is 15.4 Å². The maximum absolute atomic E-state index is 12.9. The monoisotopic (exact) mass is 467 g/mol. The Labute approximate surface area is 179 Å². The van der Waals surface area contributed by atoms with Gasteiger partial charge in [0.15, 0.2) is 5.75 Å². The molecule has 2 heterocycles. The van der Waals surface area contributed by atoms with Crippen molar-refractivity contribution in [3.05, 3.63) is 80.6 Å². The van der Waals surface area contributed by atoms with Gasteiger partial charge in [-0.05, 0) is 36.4 Å². The van der Waals surface area contributed by atoms with Crippen molar-refractivity contribution < 1.29 is 14.5 Å². The number of rotatable bonds is 5. The Balaban J connectivity index is 1.95. The molecule has 0 saturated heterocycles. The van der Waals surface area contributed by atoms with Gasteiger partial charge in [0.2, 0.25) is 0 Å². The van der Waals surface area contributed by atoms with Crippen LogP contribution in [0.15, 0.2) is 59.3 Å². The molecule has 0 saturated carbocycles. The van der Waals surface area contributed by atoms with Crippen LogP contribution in [0, 0.1) is 10.1 Å². The molecule has 2 aromatic carbocycles. The van der Waals surface area contributed by atoms with Gasteiger partial charge in [0.05, 0.1) is 41.4 Å². The highest BCUT2D eigenvalue weighted by Gasteiger charge is 2.29. The Hall–Kier alpha value is -3.79. The van der Waals surface area contributed by atoms with Crippen molar-refractivity contribution in [1.82, 2.24) is 10.2 Å². The molecule has 0 atom stereocenters. The van der Waals surface area contributed by atoms with Crippen LogP contribution in [0.3, 0.4) is 0 Å². The maximum atomic E-state index is 12.9. The van der Waals surface area contributed by atoms with Crippen molar-refractivity contribution in [3.63, 3.8) is 0 Å². The number of amides is 1. The SMILES string of the molecule is COc1cc(/C(Nc2ccnnc2)=C2/C(=O)Nc3ccc(Br)cc32)ccc1[N+](=O)[O-]. The summed E-state index contributed by atoms with van der Waals surface area (Å²) in [5.41, 5.74) is 3.16. The van der Waals surface area contributed by atoms with Crippen LogP contribution in [0.4, 0.5) is 17.1 Å². The summed E-state index contributed by atoms with van der Waals surface area (Å²) in [6.45, 7) is 0. The highest BCUT2D eigenvalue weighted by atomic mass is 79.9. The normalized spacial score (nSPS) is 14.0. The molecule has 10 heteroatoms. The van der Waals surface area contributed by atoms with E-state index in [0.29, 0.717) is 33.8 Å². The minimum absolute atomic E-state index is 0.0816. The van der Waals surface area contributed by atoms with E-state index in [1.54, 1.807) is 18.2 Å². The molecule has 0 spiro atoms. The van der Waals surface area contributed by atoms with E-state index in [4.69, 9.17) is 4.74 Å². The van der Waals surface area contributed by atoms with Crippen LogP contribution in [0.5, 0.6) is 5.75 Å². The minimum Gasteiger partial charge on any atom is -0.490 e. The first-order valence-corrected chi connectivity index (χ1v) is 9.49. The summed E-state index contributed by atoms with van der Waals surface area (Å²) >= 11 is 3.44. The second-order valence-electron chi connectivity index (χ2n) is 6.29. The van der Waals surface area contributed by atoms with Crippen LogP contribution in [0.1, 0.15) is 11.1 Å². The number of nitrogens with one attached hydrogen (secondary N) is 2. The van der Waals surface area contributed by atoms with Crippen LogP contribution in [-0.2, 0) is 4.79 Å². The molecule has 4 rings (SSSR count). The van der Waals surface area contributed by atoms with Crippen molar-refractivity contribution in [2.75, 3.05) is 17.7 Å². The lowest BCUT2D eigenvalue weighted by Gasteiger charge is -2.15. The molecular formula is C20H14BrN5O4. The predicted molar refractivity (Wildman–Crippen MR) is 115 cm³/mol. The topological polar surface area (TPSA) is 119 Å². The Bertz CT molecular complexity index is 1200. The van der Waals surface area contributed by atoms with Gasteiger partial charge >= 0.3 is 5.69 Å². The number of halogens is 1. The second-order valence-corrected chi connectivity index (χ2v) is 7.21. The third-order valence-electron chi connectivity index (χ3n) is 4.49. The average molecular weight is 468 g/mol. The number of methoxy groups -OCH3 is 1. The first-order valence-electron chi connectivity index (χ1n) is 8.70. The molecule has 0 aliphatic carbocycles. The summed E-state index contributed by atoms with van der Waals surface area (Å²) in [7, 11) is 1.35. The molecule has 9 nitrogen and oxygen atoms in total. The van der Waals surface area contributed by atoms with E-state index in [1.165, 1.54) is 31.6 Å². The van der Waals surface area contributed by atoms with Crippen molar-refractivity contribution in [2.24, 2.45) is 0 Å².